The van der Waals surface area contributed by atoms with Crippen LogP contribution >= 0.6 is 11.3 Å². The summed E-state index contributed by atoms with van der Waals surface area (Å²) in [5, 5.41) is 7.73. The second-order valence-electron chi connectivity index (χ2n) is 7.29. The fourth-order valence-corrected chi connectivity index (χ4v) is 3.63. The topological polar surface area (TPSA) is 58.2 Å². The Labute approximate surface area is 181 Å². The minimum Gasteiger partial charge on any atom is -0.348 e. The fourth-order valence-electron chi connectivity index (χ4n) is 2.98. The van der Waals surface area contributed by atoms with Crippen LogP contribution in [0.25, 0.3) is 6.08 Å². The van der Waals surface area contributed by atoms with Gasteiger partial charge in [-0.05, 0) is 61.9 Å². The number of hydrogen-bond donors (Lipinski definition) is 2. The molecule has 2 N–H and O–H groups in total. The van der Waals surface area contributed by atoms with Crippen LogP contribution in [0, 0.1) is 6.92 Å². The van der Waals surface area contributed by atoms with Gasteiger partial charge in [0.25, 0.3) is 11.8 Å². The summed E-state index contributed by atoms with van der Waals surface area (Å²) < 4.78 is 0. The summed E-state index contributed by atoms with van der Waals surface area (Å²) in [4.78, 5) is 26.5. The van der Waals surface area contributed by atoms with Crippen molar-refractivity contribution in [3.63, 3.8) is 0 Å². The zero-order chi connectivity index (χ0) is 21.3. The highest BCUT2D eigenvalue weighted by atomic mass is 32.1. The van der Waals surface area contributed by atoms with Crippen LogP contribution in [0.3, 0.4) is 0 Å². The average molecular weight is 419 g/mol. The van der Waals surface area contributed by atoms with Crippen molar-refractivity contribution in [3.8, 4) is 0 Å². The van der Waals surface area contributed by atoms with Crippen molar-refractivity contribution in [2.75, 3.05) is 0 Å². The van der Waals surface area contributed by atoms with E-state index in [0.29, 0.717) is 5.56 Å². The molecule has 2 aromatic carbocycles. The minimum atomic E-state index is -0.301. The molecule has 5 heteroatoms. The minimum absolute atomic E-state index is 0.0271. The van der Waals surface area contributed by atoms with Gasteiger partial charge in [0.05, 0.1) is 0 Å². The Bertz CT molecular complexity index is 993. The molecule has 0 aliphatic carbocycles. The normalized spacial score (nSPS) is 12.3. The van der Waals surface area contributed by atoms with Crippen molar-refractivity contribution in [1.29, 1.82) is 0 Å². The van der Waals surface area contributed by atoms with Crippen molar-refractivity contribution < 1.29 is 9.59 Å². The lowest BCUT2D eigenvalue weighted by Gasteiger charge is -2.16. The lowest BCUT2D eigenvalue weighted by Crippen LogP contribution is -2.39. The number of rotatable bonds is 8. The Morgan fingerprint density at radius 3 is 2.40 bits per heavy atom. The SMILES string of the molecule is Cc1ccc(C(=O)N/C(=C\c2cccs2)C(=O)N[C@@H](C)CCc2ccccc2)cc1. The zero-order valence-corrected chi connectivity index (χ0v) is 18.0. The molecule has 2 amide bonds. The standard InChI is InChI=1S/C25H26N2O2S/c1-18-10-14-21(15-11-18)24(28)27-23(17-22-9-6-16-30-22)25(29)26-19(2)12-13-20-7-4-3-5-8-20/h3-11,14-17,19H,12-13H2,1-2H3,(H,26,29)(H,27,28)/b23-17-/t19-/m0/s1. The van der Waals surface area contributed by atoms with E-state index in [-0.39, 0.29) is 23.6 Å². The second kappa shape index (κ2) is 10.6. The van der Waals surface area contributed by atoms with Gasteiger partial charge in [-0.25, -0.2) is 0 Å². The smallest absolute Gasteiger partial charge is 0.268 e. The highest BCUT2D eigenvalue weighted by Gasteiger charge is 2.17. The number of carbonyl (C=O) groups is 2. The maximum atomic E-state index is 12.9. The lowest BCUT2D eigenvalue weighted by molar-refractivity contribution is -0.118. The Hall–Kier alpha value is -3.18. The molecule has 1 aromatic heterocycles. The van der Waals surface area contributed by atoms with Gasteiger partial charge in [0.2, 0.25) is 0 Å². The molecule has 3 rings (SSSR count). The first-order valence-electron chi connectivity index (χ1n) is 9.99. The average Bonchev–Trinajstić information content (AvgIpc) is 3.26. The molecule has 0 saturated heterocycles. The van der Waals surface area contributed by atoms with Crippen molar-refractivity contribution >= 4 is 29.2 Å². The molecule has 0 saturated carbocycles. The van der Waals surface area contributed by atoms with Gasteiger partial charge in [-0.3, -0.25) is 9.59 Å². The molecule has 3 aromatic rings. The molecule has 0 aliphatic heterocycles. The monoisotopic (exact) mass is 418 g/mol. The third kappa shape index (κ3) is 6.42. The van der Waals surface area contributed by atoms with Gasteiger partial charge >= 0.3 is 0 Å². The van der Waals surface area contributed by atoms with Gasteiger partial charge in [0.15, 0.2) is 0 Å². The van der Waals surface area contributed by atoms with Gasteiger partial charge in [-0.2, -0.15) is 0 Å². The van der Waals surface area contributed by atoms with Crippen molar-refractivity contribution in [2.45, 2.75) is 32.7 Å². The van der Waals surface area contributed by atoms with E-state index in [1.165, 1.54) is 16.9 Å². The molecular weight excluding hydrogens is 392 g/mol. The number of nitrogens with one attached hydrogen (secondary N) is 2. The largest absolute Gasteiger partial charge is 0.348 e. The van der Waals surface area contributed by atoms with E-state index in [1.54, 1.807) is 18.2 Å². The molecule has 0 unspecified atom stereocenters. The van der Waals surface area contributed by atoms with Gasteiger partial charge in [0.1, 0.15) is 5.70 Å². The number of carbonyl (C=O) groups excluding carboxylic acids is 2. The van der Waals surface area contributed by atoms with Crippen LogP contribution in [0.4, 0.5) is 0 Å². The molecule has 0 radical (unpaired) electrons. The summed E-state index contributed by atoms with van der Waals surface area (Å²) in [6.07, 6.45) is 3.41. The number of thiophene rings is 1. The first kappa shape index (κ1) is 21.5. The summed E-state index contributed by atoms with van der Waals surface area (Å²) in [7, 11) is 0. The summed E-state index contributed by atoms with van der Waals surface area (Å²) in [6, 6.07) is 21.3. The molecule has 30 heavy (non-hydrogen) atoms. The maximum Gasteiger partial charge on any atom is 0.268 e. The van der Waals surface area contributed by atoms with Crippen LogP contribution in [-0.4, -0.2) is 17.9 Å². The van der Waals surface area contributed by atoms with Crippen LogP contribution in [-0.2, 0) is 11.2 Å². The third-order valence-electron chi connectivity index (χ3n) is 4.72. The Kier molecular flexibility index (Phi) is 7.57. The summed E-state index contributed by atoms with van der Waals surface area (Å²) in [5.74, 6) is -0.589. The van der Waals surface area contributed by atoms with Gasteiger partial charge in [-0.15, -0.1) is 11.3 Å². The van der Waals surface area contributed by atoms with Crippen LogP contribution in [0.15, 0.2) is 77.8 Å². The quantitative estimate of drug-likeness (QED) is 0.508. The fraction of sp³-hybridized carbons (Fsp3) is 0.200. The highest BCUT2D eigenvalue weighted by Crippen LogP contribution is 2.14. The second-order valence-corrected chi connectivity index (χ2v) is 8.27. The highest BCUT2D eigenvalue weighted by molar-refractivity contribution is 7.10. The Balaban J connectivity index is 1.67. The zero-order valence-electron chi connectivity index (χ0n) is 17.2. The summed E-state index contributed by atoms with van der Waals surface area (Å²) >= 11 is 1.51. The van der Waals surface area contributed by atoms with E-state index in [2.05, 4.69) is 22.8 Å². The maximum absolute atomic E-state index is 12.9. The Morgan fingerprint density at radius 2 is 1.73 bits per heavy atom. The third-order valence-corrected chi connectivity index (χ3v) is 5.54. The van der Waals surface area contributed by atoms with Crippen molar-refractivity contribution in [2.24, 2.45) is 0 Å². The first-order chi connectivity index (χ1) is 14.5. The van der Waals surface area contributed by atoms with E-state index in [4.69, 9.17) is 0 Å². The molecule has 1 atom stereocenters. The van der Waals surface area contributed by atoms with Gasteiger partial charge < -0.3 is 10.6 Å². The molecule has 4 nitrogen and oxygen atoms in total. The van der Waals surface area contributed by atoms with E-state index in [0.717, 1.165) is 23.3 Å². The van der Waals surface area contributed by atoms with Crippen molar-refractivity contribution in [1.82, 2.24) is 10.6 Å². The molecule has 154 valence electrons. The summed E-state index contributed by atoms with van der Waals surface area (Å²) in [6.45, 7) is 3.94. The van der Waals surface area contributed by atoms with E-state index >= 15 is 0 Å². The van der Waals surface area contributed by atoms with Crippen LogP contribution in [0.1, 0.15) is 39.7 Å². The number of aryl methyl sites for hydroxylation is 2. The first-order valence-corrected chi connectivity index (χ1v) is 10.9. The molecule has 0 bridgehead atoms. The molecule has 0 aliphatic rings. The predicted molar refractivity (Wildman–Crippen MR) is 123 cm³/mol. The number of amides is 2. The van der Waals surface area contributed by atoms with Gasteiger partial charge in [0, 0.05) is 16.5 Å². The van der Waals surface area contributed by atoms with E-state index in [1.807, 2.05) is 61.7 Å². The molecule has 1 heterocycles. The van der Waals surface area contributed by atoms with Crippen LogP contribution < -0.4 is 10.6 Å². The molecule has 0 fully saturated rings. The number of hydrogen-bond acceptors (Lipinski definition) is 3. The van der Waals surface area contributed by atoms with E-state index < -0.39 is 0 Å². The number of benzene rings is 2. The Morgan fingerprint density at radius 1 is 1.00 bits per heavy atom. The van der Waals surface area contributed by atoms with Crippen LogP contribution in [0.5, 0.6) is 0 Å². The summed E-state index contributed by atoms with van der Waals surface area (Å²) in [5.41, 5.74) is 3.07. The molecule has 0 spiro atoms. The predicted octanol–water partition coefficient (Wildman–Crippen LogP) is 4.96. The lowest BCUT2D eigenvalue weighted by atomic mass is 10.1. The van der Waals surface area contributed by atoms with Gasteiger partial charge in [-0.1, -0.05) is 54.1 Å². The van der Waals surface area contributed by atoms with Crippen molar-refractivity contribution in [3.05, 3.63) is 99.4 Å². The van der Waals surface area contributed by atoms with E-state index in [9.17, 15) is 9.59 Å². The molecular formula is C25H26N2O2S. The van der Waals surface area contributed by atoms with Crippen LogP contribution in [0.2, 0.25) is 0 Å².